The predicted molar refractivity (Wildman–Crippen MR) is 92.9 cm³/mol. The molecular weight excluding hydrogens is 363 g/mol. The fraction of sp³-hybridized carbons (Fsp3) is 0.167. The van der Waals surface area contributed by atoms with E-state index >= 15 is 0 Å². The number of nitrogens with zero attached hydrogens (tertiary/aromatic N) is 1. The first-order chi connectivity index (χ1) is 12.9. The van der Waals surface area contributed by atoms with Gasteiger partial charge < -0.3 is 20.6 Å². The van der Waals surface area contributed by atoms with Gasteiger partial charge in [0.1, 0.15) is 24.7 Å². The number of carbonyl (C=O) groups excluding carboxylic acids is 1. The number of rotatable bonds is 8. The van der Waals surface area contributed by atoms with E-state index in [4.69, 9.17) is 10.1 Å². The lowest BCUT2D eigenvalue weighted by Gasteiger charge is -2.16. The summed E-state index contributed by atoms with van der Waals surface area (Å²) in [5, 5.41) is 19.0. The number of aldehydes is 1. The van der Waals surface area contributed by atoms with Gasteiger partial charge in [0.05, 0.1) is 17.0 Å². The van der Waals surface area contributed by atoms with E-state index in [1.54, 1.807) is 12.1 Å². The van der Waals surface area contributed by atoms with Gasteiger partial charge in [0.25, 0.3) is 0 Å². The van der Waals surface area contributed by atoms with E-state index in [1.807, 2.05) is 0 Å². The molecule has 1 aromatic carbocycles. The highest BCUT2D eigenvalue weighted by atomic mass is 19.4. The van der Waals surface area contributed by atoms with Gasteiger partial charge >= 0.3 is 6.18 Å². The van der Waals surface area contributed by atoms with Crippen LogP contribution in [0.3, 0.4) is 0 Å². The molecule has 0 bridgehead atoms. The lowest BCUT2D eigenvalue weighted by molar-refractivity contribution is -0.122. The Bertz CT molecular complexity index is 851. The molecular formula is C18H16F3N3O3. The Kier molecular flexibility index (Phi) is 6.53. The first-order valence-electron chi connectivity index (χ1n) is 7.71. The third kappa shape index (κ3) is 5.56. The maximum absolute atomic E-state index is 12.5. The largest absolute Gasteiger partial charge is 0.507 e. The number of benzene rings is 1. The van der Waals surface area contributed by atoms with Crippen molar-refractivity contribution >= 4 is 18.2 Å². The number of hydrogen-bond acceptors (Lipinski definition) is 6. The molecule has 6 nitrogen and oxygen atoms in total. The highest BCUT2D eigenvalue weighted by molar-refractivity contribution is 5.83. The van der Waals surface area contributed by atoms with E-state index in [9.17, 15) is 23.1 Å². The number of aromatic hydroxyl groups is 1. The fourth-order valence-corrected chi connectivity index (χ4v) is 2.23. The Morgan fingerprint density at radius 1 is 1.30 bits per heavy atom. The normalized spacial score (nSPS) is 11.7. The van der Waals surface area contributed by atoms with Gasteiger partial charge in [-0.2, -0.15) is 13.2 Å². The summed E-state index contributed by atoms with van der Waals surface area (Å²) < 4.78 is 43.1. The molecule has 2 aromatic rings. The van der Waals surface area contributed by atoms with E-state index in [1.165, 1.54) is 24.4 Å². The average Bonchev–Trinajstić information content (AvgIpc) is 2.63. The zero-order valence-corrected chi connectivity index (χ0v) is 14.0. The summed E-state index contributed by atoms with van der Waals surface area (Å²) in [5.41, 5.74) is 0.583. The van der Waals surface area contributed by atoms with Crippen LogP contribution in [-0.2, 0) is 6.61 Å². The smallest absolute Gasteiger partial charge is 0.405 e. The van der Waals surface area contributed by atoms with Crippen molar-refractivity contribution in [2.24, 2.45) is 0 Å². The zero-order chi connectivity index (χ0) is 19.9. The van der Waals surface area contributed by atoms with E-state index in [2.05, 4.69) is 10.3 Å². The van der Waals surface area contributed by atoms with Gasteiger partial charge in [-0.15, -0.1) is 0 Å². The molecule has 0 atom stereocenters. The standard InChI is InChI=1S/C18H16F3N3O3/c19-18(20,21)11-24-14(6-7-22)17-12(3-2-8-23-17)10-27-16-5-1-4-15(26)13(16)9-25/h1-9,22,24,26H,10-11H2/b14-6-,22-7?. The minimum absolute atomic E-state index is 0.00745. The number of hydrogen-bond donors (Lipinski definition) is 3. The SMILES string of the molecule is N=C/C=C(\NCC(F)(F)F)c1ncccc1COc1cccc(O)c1C=O. The number of alkyl halides is 3. The summed E-state index contributed by atoms with van der Waals surface area (Å²) in [7, 11) is 0. The number of allylic oxidation sites excluding steroid dienone is 1. The average molecular weight is 379 g/mol. The summed E-state index contributed by atoms with van der Waals surface area (Å²) in [6.07, 6.45) is -0.593. The van der Waals surface area contributed by atoms with Crippen molar-refractivity contribution in [3.8, 4) is 11.5 Å². The summed E-state index contributed by atoms with van der Waals surface area (Å²) in [6, 6.07) is 7.48. The maximum atomic E-state index is 12.5. The van der Waals surface area contributed by atoms with Crippen molar-refractivity contribution in [3.05, 3.63) is 59.4 Å². The minimum atomic E-state index is -4.44. The van der Waals surface area contributed by atoms with Crippen LogP contribution in [0.5, 0.6) is 11.5 Å². The third-order valence-electron chi connectivity index (χ3n) is 3.42. The Hall–Kier alpha value is -3.36. The molecule has 0 saturated heterocycles. The van der Waals surface area contributed by atoms with Gasteiger partial charge in [0, 0.05) is 18.0 Å². The van der Waals surface area contributed by atoms with Crippen LogP contribution in [0.15, 0.2) is 42.6 Å². The van der Waals surface area contributed by atoms with Crippen molar-refractivity contribution in [2.45, 2.75) is 12.8 Å². The second-order valence-corrected chi connectivity index (χ2v) is 5.32. The molecule has 0 fully saturated rings. The summed E-state index contributed by atoms with van der Waals surface area (Å²) >= 11 is 0. The number of pyridine rings is 1. The van der Waals surface area contributed by atoms with Crippen LogP contribution in [0.2, 0.25) is 0 Å². The zero-order valence-electron chi connectivity index (χ0n) is 14.0. The van der Waals surface area contributed by atoms with Gasteiger partial charge in [-0.3, -0.25) is 9.78 Å². The molecule has 0 aliphatic carbocycles. The first kappa shape index (κ1) is 20.0. The van der Waals surface area contributed by atoms with Crippen LogP contribution in [0.4, 0.5) is 13.2 Å². The van der Waals surface area contributed by atoms with Crippen molar-refractivity contribution in [1.82, 2.24) is 10.3 Å². The van der Waals surface area contributed by atoms with Gasteiger partial charge in [0.2, 0.25) is 0 Å². The Balaban J connectivity index is 2.27. The van der Waals surface area contributed by atoms with E-state index in [-0.39, 0.29) is 35.1 Å². The van der Waals surface area contributed by atoms with Crippen LogP contribution in [0, 0.1) is 5.41 Å². The number of aromatic nitrogens is 1. The minimum Gasteiger partial charge on any atom is -0.507 e. The number of phenols is 1. The molecule has 0 radical (unpaired) electrons. The highest BCUT2D eigenvalue weighted by Gasteiger charge is 2.27. The molecule has 0 unspecified atom stereocenters. The Labute approximate surface area is 152 Å². The Morgan fingerprint density at radius 2 is 2.07 bits per heavy atom. The summed E-state index contributed by atoms with van der Waals surface area (Å²) in [4.78, 5) is 15.2. The monoisotopic (exact) mass is 379 g/mol. The molecule has 0 aliphatic rings. The number of halogens is 3. The number of nitrogens with one attached hydrogen (secondary N) is 2. The van der Waals surface area contributed by atoms with Gasteiger partial charge in [-0.1, -0.05) is 12.1 Å². The van der Waals surface area contributed by atoms with Gasteiger partial charge in [-0.05, 0) is 24.3 Å². The lowest BCUT2D eigenvalue weighted by Crippen LogP contribution is -2.28. The molecule has 3 N–H and O–H groups in total. The fourth-order valence-electron chi connectivity index (χ4n) is 2.23. The van der Waals surface area contributed by atoms with Crippen molar-refractivity contribution in [2.75, 3.05) is 6.54 Å². The van der Waals surface area contributed by atoms with Crippen LogP contribution in [-0.4, -0.2) is 35.3 Å². The number of ether oxygens (including phenoxy) is 1. The van der Waals surface area contributed by atoms with E-state index in [0.717, 1.165) is 12.3 Å². The van der Waals surface area contributed by atoms with Crippen LogP contribution < -0.4 is 10.1 Å². The second kappa shape index (κ2) is 8.84. The van der Waals surface area contributed by atoms with Crippen LogP contribution in [0.1, 0.15) is 21.6 Å². The van der Waals surface area contributed by atoms with Crippen molar-refractivity contribution in [3.63, 3.8) is 0 Å². The van der Waals surface area contributed by atoms with Crippen molar-refractivity contribution in [1.29, 1.82) is 5.41 Å². The molecule has 1 heterocycles. The second-order valence-electron chi connectivity index (χ2n) is 5.32. The van der Waals surface area contributed by atoms with E-state index in [0.29, 0.717) is 11.8 Å². The van der Waals surface area contributed by atoms with Gasteiger partial charge in [0.15, 0.2) is 6.29 Å². The van der Waals surface area contributed by atoms with E-state index < -0.39 is 12.7 Å². The van der Waals surface area contributed by atoms with Crippen molar-refractivity contribution < 1.29 is 27.8 Å². The van der Waals surface area contributed by atoms with Crippen LogP contribution in [0.25, 0.3) is 5.70 Å². The predicted octanol–water partition coefficient (Wildman–Crippen LogP) is 3.32. The molecule has 2 rings (SSSR count). The molecule has 0 aliphatic heterocycles. The van der Waals surface area contributed by atoms with Crippen LogP contribution >= 0.6 is 0 Å². The molecule has 142 valence electrons. The molecule has 1 aromatic heterocycles. The Morgan fingerprint density at radius 3 is 2.74 bits per heavy atom. The molecule has 0 spiro atoms. The maximum Gasteiger partial charge on any atom is 0.405 e. The topological polar surface area (TPSA) is 95.3 Å². The molecule has 0 amide bonds. The first-order valence-corrected chi connectivity index (χ1v) is 7.71. The summed E-state index contributed by atoms with van der Waals surface area (Å²) in [5.74, 6) is -0.120. The number of phenolic OH excluding ortho intramolecular Hbond substituents is 1. The van der Waals surface area contributed by atoms with Gasteiger partial charge in [-0.25, -0.2) is 0 Å². The third-order valence-corrected chi connectivity index (χ3v) is 3.42. The molecule has 0 saturated carbocycles. The summed E-state index contributed by atoms with van der Waals surface area (Å²) in [6.45, 7) is -1.40. The molecule has 9 heteroatoms. The lowest BCUT2D eigenvalue weighted by atomic mass is 10.1. The molecule has 27 heavy (non-hydrogen) atoms. The quantitative estimate of drug-likeness (QED) is 0.483. The highest BCUT2D eigenvalue weighted by Crippen LogP contribution is 2.27. The number of carbonyl (C=O) groups is 1.